The number of hydrogen-bond acceptors (Lipinski definition) is 2. The Labute approximate surface area is 106 Å². The van der Waals surface area contributed by atoms with Crippen LogP contribution in [0.4, 0.5) is 5.69 Å². The average Bonchev–Trinajstić information content (AvgIpc) is 2.72. The van der Waals surface area contributed by atoms with Crippen LogP contribution < -0.4 is 5.73 Å². The van der Waals surface area contributed by atoms with Gasteiger partial charge in [0.25, 0.3) is 0 Å². The van der Waals surface area contributed by atoms with Gasteiger partial charge in [-0.3, -0.25) is 0 Å². The van der Waals surface area contributed by atoms with Gasteiger partial charge in [-0.1, -0.05) is 18.5 Å². The highest BCUT2D eigenvalue weighted by Crippen LogP contribution is 2.20. The molecule has 0 radical (unpaired) electrons. The molecule has 0 spiro atoms. The first-order chi connectivity index (χ1) is 8.20. The monoisotopic (exact) mass is 249 g/mol. The van der Waals surface area contributed by atoms with Crippen molar-refractivity contribution in [3.63, 3.8) is 0 Å². The van der Waals surface area contributed by atoms with Crippen molar-refractivity contribution in [2.75, 3.05) is 5.73 Å². The first-order valence-electron chi connectivity index (χ1n) is 5.74. The van der Waals surface area contributed by atoms with Crippen LogP contribution in [0.15, 0.2) is 30.6 Å². The number of nitrogen functional groups attached to an aromatic ring is 1. The second-order valence-electron chi connectivity index (χ2n) is 4.07. The van der Waals surface area contributed by atoms with Crippen molar-refractivity contribution < 1.29 is 0 Å². The lowest BCUT2D eigenvalue weighted by molar-refractivity contribution is 0.705. The van der Waals surface area contributed by atoms with Crippen LogP contribution in [0.3, 0.4) is 0 Å². The molecule has 0 saturated carbocycles. The second kappa shape index (κ2) is 5.23. The molecular weight excluding hydrogens is 234 g/mol. The van der Waals surface area contributed by atoms with Crippen molar-refractivity contribution in [3.05, 3.63) is 47.0 Å². The molecule has 4 heteroatoms. The molecule has 0 atom stereocenters. The van der Waals surface area contributed by atoms with Crippen LogP contribution >= 0.6 is 11.6 Å². The first-order valence-corrected chi connectivity index (χ1v) is 6.12. The van der Waals surface area contributed by atoms with Crippen molar-refractivity contribution in [1.82, 2.24) is 9.55 Å². The lowest BCUT2D eigenvalue weighted by Crippen LogP contribution is -2.05. The lowest BCUT2D eigenvalue weighted by Gasteiger charge is -2.09. The van der Waals surface area contributed by atoms with E-state index in [0.717, 1.165) is 41.5 Å². The summed E-state index contributed by atoms with van der Waals surface area (Å²) in [6.07, 6.45) is 5.87. The normalized spacial score (nSPS) is 10.7. The van der Waals surface area contributed by atoms with Gasteiger partial charge in [-0.15, -0.1) is 0 Å². The predicted octanol–water partition coefficient (Wildman–Crippen LogP) is 3.12. The fourth-order valence-corrected chi connectivity index (χ4v) is 2.01. The van der Waals surface area contributed by atoms with Crippen molar-refractivity contribution in [2.24, 2.45) is 0 Å². The number of benzene rings is 1. The van der Waals surface area contributed by atoms with E-state index in [1.807, 2.05) is 30.6 Å². The zero-order valence-corrected chi connectivity index (χ0v) is 10.6. The third kappa shape index (κ3) is 2.80. The number of nitrogens with two attached hydrogens (primary N) is 1. The van der Waals surface area contributed by atoms with E-state index in [-0.39, 0.29) is 0 Å². The van der Waals surface area contributed by atoms with Crippen LogP contribution in [0.1, 0.15) is 24.7 Å². The Balaban J connectivity index is 2.25. The highest BCUT2D eigenvalue weighted by atomic mass is 35.5. The number of anilines is 1. The predicted molar refractivity (Wildman–Crippen MR) is 71.2 cm³/mol. The van der Waals surface area contributed by atoms with Gasteiger partial charge in [0.2, 0.25) is 0 Å². The number of imidazole rings is 1. The Hall–Kier alpha value is -1.48. The minimum atomic E-state index is 0.721. The molecule has 0 unspecified atom stereocenters. The summed E-state index contributed by atoms with van der Waals surface area (Å²) in [5.41, 5.74) is 7.54. The molecule has 0 aliphatic heterocycles. The molecule has 0 amide bonds. The van der Waals surface area contributed by atoms with Gasteiger partial charge in [0.1, 0.15) is 5.82 Å². The molecule has 1 aromatic carbocycles. The van der Waals surface area contributed by atoms with Gasteiger partial charge in [0, 0.05) is 29.5 Å². The maximum atomic E-state index is 6.15. The van der Waals surface area contributed by atoms with Crippen LogP contribution in [0.5, 0.6) is 0 Å². The van der Waals surface area contributed by atoms with Crippen molar-refractivity contribution in [1.29, 1.82) is 0 Å². The third-order valence-electron chi connectivity index (χ3n) is 2.69. The third-order valence-corrected chi connectivity index (χ3v) is 3.05. The van der Waals surface area contributed by atoms with Crippen molar-refractivity contribution in [2.45, 2.75) is 26.3 Å². The van der Waals surface area contributed by atoms with E-state index in [9.17, 15) is 0 Å². The molecule has 17 heavy (non-hydrogen) atoms. The zero-order valence-electron chi connectivity index (χ0n) is 9.86. The SMILES string of the molecule is CCCc1nccn1Cc1cc(N)ccc1Cl. The molecule has 90 valence electrons. The van der Waals surface area contributed by atoms with E-state index in [4.69, 9.17) is 17.3 Å². The fourth-order valence-electron chi connectivity index (χ4n) is 1.84. The van der Waals surface area contributed by atoms with Gasteiger partial charge < -0.3 is 10.3 Å². The molecule has 3 nitrogen and oxygen atoms in total. The number of nitrogens with zero attached hydrogens (tertiary/aromatic N) is 2. The topological polar surface area (TPSA) is 43.8 Å². The van der Waals surface area contributed by atoms with E-state index >= 15 is 0 Å². The highest BCUT2D eigenvalue weighted by Gasteiger charge is 2.05. The van der Waals surface area contributed by atoms with Crippen LogP contribution in [0.25, 0.3) is 0 Å². The summed E-state index contributed by atoms with van der Waals surface area (Å²) in [6.45, 7) is 2.87. The smallest absolute Gasteiger partial charge is 0.108 e. The Morgan fingerprint density at radius 1 is 1.41 bits per heavy atom. The molecule has 1 aromatic heterocycles. The largest absolute Gasteiger partial charge is 0.399 e. The fraction of sp³-hybridized carbons (Fsp3) is 0.308. The van der Waals surface area contributed by atoms with E-state index in [0.29, 0.717) is 0 Å². The highest BCUT2D eigenvalue weighted by molar-refractivity contribution is 6.31. The standard InChI is InChI=1S/C13H16ClN3/c1-2-3-13-16-6-7-17(13)9-10-8-11(15)4-5-12(10)14/h4-8H,2-3,9,15H2,1H3. The van der Waals surface area contributed by atoms with E-state index in [2.05, 4.69) is 16.5 Å². The minimum Gasteiger partial charge on any atom is -0.399 e. The number of aryl methyl sites for hydroxylation is 1. The summed E-state index contributed by atoms with van der Waals surface area (Å²) in [7, 11) is 0. The average molecular weight is 250 g/mol. The van der Waals surface area contributed by atoms with E-state index in [1.165, 1.54) is 0 Å². The molecule has 2 aromatic rings. The zero-order chi connectivity index (χ0) is 12.3. The molecule has 2 rings (SSSR count). The number of rotatable bonds is 4. The van der Waals surface area contributed by atoms with Gasteiger partial charge in [-0.05, 0) is 30.2 Å². The van der Waals surface area contributed by atoms with Gasteiger partial charge in [0.05, 0.1) is 6.54 Å². The Kier molecular flexibility index (Phi) is 3.69. The molecular formula is C13H16ClN3. The van der Waals surface area contributed by atoms with E-state index < -0.39 is 0 Å². The maximum absolute atomic E-state index is 6.15. The van der Waals surface area contributed by atoms with Gasteiger partial charge >= 0.3 is 0 Å². The Morgan fingerprint density at radius 2 is 2.24 bits per heavy atom. The van der Waals surface area contributed by atoms with Gasteiger partial charge in [0.15, 0.2) is 0 Å². The first kappa shape index (κ1) is 12.0. The van der Waals surface area contributed by atoms with Crippen LogP contribution in [0, 0.1) is 0 Å². The lowest BCUT2D eigenvalue weighted by atomic mass is 10.2. The molecule has 0 bridgehead atoms. The summed E-state index contributed by atoms with van der Waals surface area (Å²) in [5.74, 6) is 1.09. The summed E-state index contributed by atoms with van der Waals surface area (Å²) in [5, 5.41) is 0.746. The summed E-state index contributed by atoms with van der Waals surface area (Å²) >= 11 is 6.15. The van der Waals surface area contributed by atoms with E-state index in [1.54, 1.807) is 0 Å². The number of aromatic nitrogens is 2. The molecule has 1 heterocycles. The van der Waals surface area contributed by atoms with Crippen molar-refractivity contribution >= 4 is 17.3 Å². The molecule has 0 saturated heterocycles. The molecule has 0 aliphatic carbocycles. The quantitative estimate of drug-likeness (QED) is 0.846. The second-order valence-corrected chi connectivity index (χ2v) is 4.48. The molecule has 0 fully saturated rings. The number of hydrogen-bond donors (Lipinski definition) is 1. The molecule has 2 N–H and O–H groups in total. The van der Waals surface area contributed by atoms with Crippen molar-refractivity contribution in [3.8, 4) is 0 Å². The number of halogens is 1. The summed E-state index contributed by atoms with van der Waals surface area (Å²) in [4.78, 5) is 4.34. The Morgan fingerprint density at radius 3 is 3.00 bits per heavy atom. The van der Waals surface area contributed by atoms with Gasteiger partial charge in [-0.25, -0.2) is 4.98 Å². The summed E-state index contributed by atoms with van der Waals surface area (Å²) < 4.78 is 2.12. The Bertz CT molecular complexity index is 505. The van der Waals surface area contributed by atoms with Crippen LogP contribution in [-0.4, -0.2) is 9.55 Å². The maximum Gasteiger partial charge on any atom is 0.108 e. The van der Waals surface area contributed by atoms with Crippen LogP contribution in [-0.2, 0) is 13.0 Å². The van der Waals surface area contributed by atoms with Gasteiger partial charge in [-0.2, -0.15) is 0 Å². The minimum absolute atomic E-state index is 0.721. The molecule has 0 aliphatic rings. The summed E-state index contributed by atoms with van der Waals surface area (Å²) in [6, 6.07) is 5.56. The van der Waals surface area contributed by atoms with Crippen LogP contribution in [0.2, 0.25) is 5.02 Å².